The highest BCUT2D eigenvalue weighted by Gasteiger charge is 2.13. The Morgan fingerprint density at radius 2 is 2.25 bits per heavy atom. The van der Waals surface area contributed by atoms with Crippen molar-refractivity contribution < 1.29 is 18.9 Å². The van der Waals surface area contributed by atoms with Gasteiger partial charge in [-0.3, -0.25) is 0 Å². The summed E-state index contributed by atoms with van der Waals surface area (Å²) in [6.07, 6.45) is 0. The van der Waals surface area contributed by atoms with Gasteiger partial charge in [0, 0.05) is 0 Å². The van der Waals surface area contributed by atoms with Gasteiger partial charge < -0.3 is 14.8 Å². The molecule has 1 rings (SSSR count). The first-order valence-corrected chi connectivity index (χ1v) is 3.45. The number of aryl methyl sites for hydroxylation is 1. The molecule has 0 radical (unpaired) electrons. The average Bonchev–Trinajstić information content (AvgIpc) is 1.99. The summed E-state index contributed by atoms with van der Waals surface area (Å²) in [5, 5.41) is 17.9. The molecular weight excluding hydrogens is 155 g/mol. The summed E-state index contributed by atoms with van der Waals surface area (Å²) in [5.74, 6) is 0.178. The van der Waals surface area contributed by atoms with Crippen molar-refractivity contribution in [3.63, 3.8) is 0 Å². The summed E-state index contributed by atoms with van der Waals surface area (Å²) in [4.78, 5) is 0. The summed E-state index contributed by atoms with van der Waals surface area (Å²) >= 11 is 0. The van der Waals surface area contributed by atoms with Crippen molar-refractivity contribution >= 4 is 12.6 Å². The monoisotopic (exact) mass is 169 g/mol. The molecule has 0 aliphatic carbocycles. The second-order valence-corrected chi connectivity index (χ2v) is 2.49. The van der Waals surface area contributed by atoms with Gasteiger partial charge in [0.1, 0.15) is 5.75 Å². The number of ether oxygens (including phenoxy) is 1. The van der Waals surface area contributed by atoms with Gasteiger partial charge in [0.2, 0.25) is 0 Å². The highest BCUT2D eigenvalue weighted by Crippen LogP contribution is 2.09. The third kappa shape index (κ3) is 1.78. The lowest BCUT2D eigenvalue weighted by Crippen LogP contribution is -2.31. The quantitative estimate of drug-likeness (QED) is 0.596. The molecule has 0 bridgehead atoms. The van der Waals surface area contributed by atoms with E-state index in [-0.39, 0.29) is 5.75 Å². The van der Waals surface area contributed by atoms with E-state index in [9.17, 15) is 0 Å². The zero-order valence-corrected chi connectivity index (χ0v) is 6.61. The summed E-state index contributed by atoms with van der Waals surface area (Å²) in [6, 6.07) is 4.25. The molecule has 0 amide bonds. The van der Waals surface area contributed by atoms with Crippen LogP contribution in [0, 0.1) is 6.92 Å². The number of methoxy groups -OCH3 is 1. The zero-order chi connectivity index (χ0) is 11.6. The number of hydrogen-bond acceptors (Lipinski definition) is 3. The van der Waals surface area contributed by atoms with Crippen LogP contribution in [0.25, 0.3) is 0 Å². The molecule has 0 saturated carbocycles. The average molecular weight is 169 g/mol. The minimum absolute atomic E-state index is 0.178. The predicted molar refractivity (Wildman–Crippen MR) is 47.6 cm³/mol. The topological polar surface area (TPSA) is 49.7 Å². The maximum absolute atomic E-state index is 8.93. The van der Waals surface area contributed by atoms with Crippen LogP contribution in [-0.4, -0.2) is 24.2 Å². The lowest BCUT2D eigenvalue weighted by molar-refractivity contribution is 0.413. The summed E-state index contributed by atoms with van der Waals surface area (Å²) in [5.41, 5.74) is 0.889. The molecule has 1 aromatic carbocycles. The molecule has 0 aliphatic heterocycles. The molecule has 0 heterocycles. The second-order valence-electron chi connectivity index (χ2n) is 2.49. The van der Waals surface area contributed by atoms with E-state index in [0.717, 1.165) is 0 Å². The lowest BCUT2D eigenvalue weighted by Gasteiger charge is -2.06. The van der Waals surface area contributed by atoms with Crippen molar-refractivity contribution in [2.24, 2.45) is 0 Å². The smallest absolute Gasteiger partial charge is 0.488 e. The fraction of sp³-hybridized carbons (Fsp3) is 0.250. The highest BCUT2D eigenvalue weighted by atomic mass is 16.5. The van der Waals surface area contributed by atoms with E-state index < -0.39 is 14.2 Å². The molecular formula is C8H11BO3. The van der Waals surface area contributed by atoms with Gasteiger partial charge in [0.15, 0.2) is 0 Å². The third-order valence-electron chi connectivity index (χ3n) is 1.64. The first-order chi connectivity index (χ1) is 6.79. The van der Waals surface area contributed by atoms with Crippen LogP contribution in [0.2, 0.25) is 0 Å². The maximum atomic E-state index is 8.93. The Morgan fingerprint density at radius 1 is 1.50 bits per heavy atom. The number of hydrogen-bond donors (Lipinski definition) is 2. The number of rotatable bonds is 2. The van der Waals surface area contributed by atoms with E-state index in [4.69, 9.17) is 14.2 Å². The van der Waals surface area contributed by atoms with Crippen molar-refractivity contribution in [3.8, 4) is 5.75 Å². The molecule has 0 saturated heterocycles. The molecule has 3 nitrogen and oxygen atoms in total. The molecule has 0 atom stereocenters. The van der Waals surface area contributed by atoms with E-state index in [1.807, 2.05) is 0 Å². The Morgan fingerprint density at radius 3 is 2.75 bits per heavy atom. The first kappa shape index (κ1) is 5.62. The Bertz CT molecular complexity index is 351. The van der Waals surface area contributed by atoms with Crippen molar-refractivity contribution in [1.82, 2.24) is 0 Å². The van der Waals surface area contributed by atoms with Crippen LogP contribution in [0.15, 0.2) is 18.2 Å². The fourth-order valence-electron chi connectivity index (χ4n) is 1.00. The Kier molecular flexibility index (Phi) is 1.69. The van der Waals surface area contributed by atoms with Crippen LogP contribution < -0.4 is 10.2 Å². The van der Waals surface area contributed by atoms with E-state index in [1.54, 1.807) is 6.92 Å². The van der Waals surface area contributed by atoms with Gasteiger partial charge in [-0.15, -0.1) is 0 Å². The van der Waals surface area contributed by atoms with Crippen LogP contribution in [-0.2, 0) is 0 Å². The van der Waals surface area contributed by atoms with Crippen LogP contribution in [0.1, 0.15) is 9.68 Å². The zero-order valence-electron chi connectivity index (χ0n) is 9.61. The van der Waals surface area contributed by atoms with Gasteiger partial charge in [-0.05, 0) is 30.1 Å². The van der Waals surface area contributed by atoms with E-state index in [0.29, 0.717) is 11.0 Å². The standard InChI is InChI=1S/C8H11BO3/c1-6-5-7(12-2)3-4-8(6)9(10)11/h3-5,10-11H,1-2H3/i2D3. The summed E-state index contributed by atoms with van der Waals surface area (Å²) in [7, 11) is -4.06. The number of benzene rings is 1. The van der Waals surface area contributed by atoms with Crippen LogP contribution in [0.5, 0.6) is 5.75 Å². The van der Waals surface area contributed by atoms with E-state index in [2.05, 4.69) is 4.74 Å². The van der Waals surface area contributed by atoms with Gasteiger partial charge in [-0.1, -0.05) is 6.07 Å². The van der Waals surface area contributed by atoms with Gasteiger partial charge in [-0.25, -0.2) is 0 Å². The molecule has 0 fully saturated rings. The van der Waals surface area contributed by atoms with Gasteiger partial charge >= 0.3 is 7.12 Å². The van der Waals surface area contributed by atoms with E-state index >= 15 is 0 Å². The maximum Gasteiger partial charge on any atom is 0.488 e. The molecule has 0 aliphatic rings. The largest absolute Gasteiger partial charge is 0.497 e. The van der Waals surface area contributed by atoms with Gasteiger partial charge in [-0.2, -0.15) is 0 Å². The van der Waals surface area contributed by atoms with Crippen molar-refractivity contribution in [1.29, 1.82) is 0 Å². The molecule has 2 N–H and O–H groups in total. The Labute approximate surface area is 76.0 Å². The summed E-state index contributed by atoms with van der Waals surface area (Å²) in [6.45, 7) is 1.64. The van der Waals surface area contributed by atoms with Gasteiger partial charge in [0.05, 0.1) is 11.2 Å². The molecule has 12 heavy (non-hydrogen) atoms. The van der Waals surface area contributed by atoms with E-state index in [1.165, 1.54) is 18.2 Å². The minimum atomic E-state index is -2.49. The normalized spacial score (nSPS) is 14.4. The van der Waals surface area contributed by atoms with Crippen LogP contribution in [0.3, 0.4) is 0 Å². The van der Waals surface area contributed by atoms with Crippen molar-refractivity contribution in [2.45, 2.75) is 6.92 Å². The highest BCUT2D eigenvalue weighted by molar-refractivity contribution is 6.59. The minimum Gasteiger partial charge on any atom is -0.497 e. The van der Waals surface area contributed by atoms with Crippen LogP contribution in [0.4, 0.5) is 0 Å². The molecule has 0 unspecified atom stereocenters. The Balaban J connectivity index is 2.92. The lowest BCUT2D eigenvalue weighted by atomic mass is 9.77. The SMILES string of the molecule is [2H]C([2H])([2H])Oc1ccc(B(O)O)c(C)c1. The fourth-order valence-corrected chi connectivity index (χ4v) is 1.00. The van der Waals surface area contributed by atoms with Crippen molar-refractivity contribution in [2.75, 3.05) is 7.04 Å². The summed E-state index contributed by atoms with van der Waals surface area (Å²) < 4.78 is 25.3. The van der Waals surface area contributed by atoms with Crippen molar-refractivity contribution in [3.05, 3.63) is 23.8 Å². The molecule has 0 spiro atoms. The molecule has 64 valence electrons. The Hall–Kier alpha value is -0.995. The predicted octanol–water partition coefficient (Wildman–Crippen LogP) is -0.317. The third-order valence-corrected chi connectivity index (χ3v) is 1.64. The molecule has 0 aromatic heterocycles. The van der Waals surface area contributed by atoms with Gasteiger partial charge in [0.25, 0.3) is 0 Å². The second kappa shape index (κ2) is 3.60. The van der Waals surface area contributed by atoms with Crippen LogP contribution >= 0.6 is 0 Å². The first-order valence-electron chi connectivity index (χ1n) is 4.95. The molecule has 1 aromatic rings. The molecule has 4 heteroatoms.